The first-order valence-electron chi connectivity index (χ1n) is 5.89. The maximum Gasteiger partial charge on any atom is 0.259 e. The molecule has 106 valence electrons. The summed E-state index contributed by atoms with van der Waals surface area (Å²) in [5.41, 5.74) is 0.460. The van der Waals surface area contributed by atoms with Gasteiger partial charge in [0.2, 0.25) is 0 Å². The Kier molecular flexibility index (Phi) is 4.50. The van der Waals surface area contributed by atoms with E-state index in [9.17, 15) is 9.18 Å². The van der Waals surface area contributed by atoms with Crippen molar-refractivity contribution in [3.63, 3.8) is 0 Å². The summed E-state index contributed by atoms with van der Waals surface area (Å²) in [6.45, 7) is 0. The van der Waals surface area contributed by atoms with Gasteiger partial charge in [0.25, 0.3) is 5.91 Å². The fourth-order valence-electron chi connectivity index (χ4n) is 1.69. The number of nitrogens with one attached hydrogen (secondary N) is 2. The van der Waals surface area contributed by atoms with Gasteiger partial charge in [-0.2, -0.15) is 5.26 Å². The first-order chi connectivity index (χ1) is 10.0. The molecular formula is C14H10BrFN4O. The number of hydrogen-bond acceptors (Lipinski definition) is 4. The minimum atomic E-state index is -0.670. The third kappa shape index (κ3) is 3.35. The van der Waals surface area contributed by atoms with Gasteiger partial charge in [-0.3, -0.25) is 4.79 Å². The van der Waals surface area contributed by atoms with Crippen molar-refractivity contribution in [2.75, 3.05) is 17.7 Å². The van der Waals surface area contributed by atoms with Gasteiger partial charge in [0.1, 0.15) is 11.6 Å². The Labute approximate surface area is 128 Å². The molecule has 0 saturated carbocycles. The van der Waals surface area contributed by atoms with Crippen LogP contribution in [0, 0.1) is 17.1 Å². The number of halogens is 2. The Morgan fingerprint density at radius 3 is 2.81 bits per heavy atom. The number of carbonyl (C=O) groups excluding carboxylic acids is 1. The lowest BCUT2D eigenvalue weighted by atomic mass is 10.2. The summed E-state index contributed by atoms with van der Waals surface area (Å²) < 4.78 is 14.4. The first kappa shape index (κ1) is 14.9. The standard InChI is InChI=1S/C14H10BrFN4O/c1-18-13-10(5-9(15)7-19-13)14(21)20-12-3-2-8(6-17)4-11(12)16/h2-5,7H,1H3,(H,18,19)(H,20,21). The van der Waals surface area contributed by atoms with Crippen LogP contribution in [0.1, 0.15) is 15.9 Å². The molecule has 0 aliphatic rings. The molecule has 0 atom stereocenters. The number of rotatable bonds is 3. The monoisotopic (exact) mass is 348 g/mol. The molecule has 0 fully saturated rings. The molecule has 1 amide bonds. The van der Waals surface area contributed by atoms with E-state index in [4.69, 9.17) is 5.26 Å². The second kappa shape index (κ2) is 6.33. The summed E-state index contributed by atoms with van der Waals surface area (Å²) in [7, 11) is 1.63. The summed E-state index contributed by atoms with van der Waals surface area (Å²) >= 11 is 3.23. The number of aromatic nitrogens is 1. The van der Waals surface area contributed by atoms with E-state index in [-0.39, 0.29) is 16.8 Å². The fourth-order valence-corrected chi connectivity index (χ4v) is 2.02. The van der Waals surface area contributed by atoms with E-state index in [0.29, 0.717) is 10.3 Å². The first-order valence-corrected chi connectivity index (χ1v) is 6.68. The highest BCUT2D eigenvalue weighted by Crippen LogP contribution is 2.21. The van der Waals surface area contributed by atoms with Crippen molar-refractivity contribution in [1.82, 2.24) is 4.98 Å². The van der Waals surface area contributed by atoms with Crippen LogP contribution in [-0.2, 0) is 0 Å². The zero-order chi connectivity index (χ0) is 15.4. The molecule has 1 heterocycles. The lowest BCUT2D eigenvalue weighted by Crippen LogP contribution is -2.15. The van der Waals surface area contributed by atoms with Crippen molar-refractivity contribution in [3.8, 4) is 6.07 Å². The van der Waals surface area contributed by atoms with Crippen LogP contribution >= 0.6 is 15.9 Å². The molecule has 21 heavy (non-hydrogen) atoms. The van der Waals surface area contributed by atoms with Gasteiger partial charge >= 0.3 is 0 Å². The maximum absolute atomic E-state index is 13.8. The fraction of sp³-hybridized carbons (Fsp3) is 0.0714. The van der Waals surface area contributed by atoms with E-state index in [0.717, 1.165) is 6.07 Å². The summed E-state index contributed by atoms with van der Waals surface area (Å²) in [6, 6.07) is 7.24. The van der Waals surface area contributed by atoms with E-state index in [1.165, 1.54) is 12.1 Å². The van der Waals surface area contributed by atoms with Crippen LogP contribution in [0.15, 0.2) is 34.9 Å². The molecule has 0 unspecified atom stereocenters. The van der Waals surface area contributed by atoms with E-state index >= 15 is 0 Å². The molecule has 0 spiro atoms. The molecule has 5 nitrogen and oxygen atoms in total. The SMILES string of the molecule is CNc1ncc(Br)cc1C(=O)Nc1ccc(C#N)cc1F. The van der Waals surface area contributed by atoms with Gasteiger partial charge in [-0.1, -0.05) is 0 Å². The number of nitriles is 1. The summed E-state index contributed by atoms with van der Waals surface area (Å²) in [6.07, 6.45) is 1.55. The molecule has 0 saturated heterocycles. The van der Waals surface area contributed by atoms with Gasteiger partial charge in [-0.05, 0) is 40.2 Å². The Hall–Kier alpha value is -2.46. The number of nitrogens with zero attached hydrogens (tertiary/aromatic N) is 2. The summed E-state index contributed by atoms with van der Waals surface area (Å²) in [5, 5.41) is 13.9. The Morgan fingerprint density at radius 1 is 1.43 bits per heavy atom. The highest BCUT2D eigenvalue weighted by atomic mass is 79.9. The van der Waals surface area contributed by atoms with E-state index in [1.54, 1.807) is 19.3 Å². The number of benzene rings is 1. The van der Waals surface area contributed by atoms with E-state index < -0.39 is 11.7 Å². The molecule has 0 aliphatic heterocycles. The zero-order valence-electron chi connectivity index (χ0n) is 10.9. The van der Waals surface area contributed by atoms with Crippen LogP contribution in [-0.4, -0.2) is 17.9 Å². The Bertz CT molecular complexity index is 742. The van der Waals surface area contributed by atoms with Gasteiger partial charge in [-0.25, -0.2) is 9.37 Å². The van der Waals surface area contributed by atoms with Crippen LogP contribution in [0.4, 0.5) is 15.9 Å². The zero-order valence-corrected chi connectivity index (χ0v) is 12.5. The number of anilines is 2. The minimum Gasteiger partial charge on any atom is -0.372 e. The van der Waals surface area contributed by atoms with Crippen molar-refractivity contribution in [2.45, 2.75) is 0 Å². The largest absolute Gasteiger partial charge is 0.372 e. The minimum absolute atomic E-state index is 0.000952. The maximum atomic E-state index is 13.8. The quantitative estimate of drug-likeness (QED) is 0.892. The van der Waals surface area contributed by atoms with E-state index in [2.05, 4.69) is 31.5 Å². The van der Waals surface area contributed by atoms with Gasteiger partial charge in [0.05, 0.1) is 22.9 Å². The smallest absolute Gasteiger partial charge is 0.259 e. The lowest BCUT2D eigenvalue weighted by Gasteiger charge is -2.10. The average Bonchev–Trinajstić information content (AvgIpc) is 2.49. The third-order valence-corrected chi connectivity index (χ3v) is 3.12. The van der Waals surface area contributed by atoms with Crippen molar-refractivity contribution >= 4 is 33.3 Å². The topological polar surface area (TPSA) is 77.8 Å². The molecule has 7 heteroatoms. The van der Waals surface area contributed by atoms with Crippen LogP contribution in [0.2, 0.25) is 0 Å². The van der Waals surface area contributed by atoms with Crippen molar-refractivity contribution in [3.05, 3.63) is 51.9 Å². The van der Waals surface area contributed by atoms with Gasteiger partial charge in [0, 0.05) is 17.7 Å². The third-order valence-electron chi connectivity index (χ3n) is 2.68. The lowest BCUT2D eigenvalue weighted by molar-refractivity contribution is 0.102. The van der Waals surface area contributed by atoms with Crippen molar-refractivity contribution in [2.24, 2.45) is 0 Å². The molecular weight excluding hydrogens is 339 g/mol. The predicted molar refractivity (Wildman–Crippen MR) is 80.6 cm³/mol. The van der Waals surface area contributed by atoms with Gasteiger partial charge in [-0.15, -0.1) is 0 Å². The molecule has 2 N–H and O–H groups in total. The molecule has 0 radical (unpaired) electrons. The number of hydrogen-bond donors (Lipinski definition) is 2. The van der Waals surface area contributed by atoms with Crippen LogP contribution in [0.25, 0.3) is 0 Å². The average molecular weight is 349 g/mol. The number of amides is 1. The molecule has 2 rings (SSSR count). The van der Waals surface area contributed by atoms with Crippen LogP contribution < -0.4 is 10.6 Å². The number of pyridine rings is 1. The Morgan fingerprint density at radius 2 is 2.19 bits per heavy atom. The van der Waals surface area contributed by atoms with Crippen molar-refractivity contribution < 1.29 is 9.18 Å². The van der Waals surface area contributed by atoms with E-state index in [1.807, 2.05) is 6.07 Å². The summed E-state index contributed by atoms with van der Waals surface area (Å²) in [5.74, 6) is -0.794. The van der Waals surface area contributed by atoms with Crippen LogP contribution in [0.5, 0.6) is 0 Å². The normalized spacial score (nSPS) is 9.81. The predicted octanol–water partition coefficient (Wildman–Crippen LogP) is 3.15. The second-order valence-electron chi connectivity index (χ2n) is 4.06. The highest BCUT2D eigenvalue weighted by Gasteiger charge is 2.15. The van der Waals surface area contributed by atoms with Crippen molar-refractivity contribution in [1.29, 1.82) is 5.26 Å². The Balaban J connectivity index is 2.30. The second-order valence-corrected chi connectivity index (χ2v) is 4.98. The molecule has 0 aliphatic carbocycles. The molecule has 1 aromatic carbocycles. The van der Waals surface area contributed by atoms with Crippen LogP contribution in [0.3, 0.4) is 0 Å². The highest BCUT2D eigenvalue weighted by molar-refractivity contribution is 9.10. The molecule has 0 bridgehead atoms. The summed E-state index contributed by atoms with van der Waals surface area (Å²) in [4.78, 5) is 16.3. The number of carbonyl (C=O) groups is 1. The van der Waals surface area contributed by atoms with Gasteiger partial charge in [0.15, 0.2) is 0 Å². The molecule has 1 aromatic heterocycles. The molecule has 2 aromatic rings. The van der Waals surface area contributed by atoms with Gasteiger partial charge < -0.3 is 10.6 Å².